The molecule has 1 saturated carbocycles. The second-order valence-corrected chi connectivity index (χ2v) is 8.79. The standard InChI is InChI=1S/C22H33NO4/c1-6-14-10(3)8-13-9-11(4)19(24)15(7-2)16(13)17(14)21(26)18-20(25)12(5)23-22(18)27/h8,11-17,19,24,26H,6-7,9H2,1-5H3,(H,23,27)/b21-18-/t11-,12+,13+,14+,15+,16+,17-,19+/m1/s1. The first kappa shape index (κ1) is 20.1. The van der Waals surface area contributed by atoms with Crippen molar-refractivity contribution >= 4 is 11.7 Å². The summed E-state index contributed by atoms with van der Waals surface area (Å²) < 4.78 is 0. The number of carbonyl (C=O) groups is 2. The Labute approximate surface area is 161 Å². The maximum atomic E-state index is 12.5. The Balaban J connectivity index is 2.14. The third kappa shape index (κ3) is 3.14. The van der Waals surface area contributed by atoms with Crippen molar-refractivity contribution in [2.24, 2.45) is 35.5 Å². The Hall–Kier alpha value is -1.62. The molecule has 0 unspecified atom stereocenters. The van der Waals surface area contributed by atoms with Gasteiger partial charge in [-0.25, -0.2) is 0 Å². The van der Waals surface area contributed by atoms with E-state index in [-0.39, 0.29) is 52.6 Å². The highest BCUT2D eigenvalue weighted by atomic mass is 16.3. The van der Waals surface area contributed by atoms with Crippen LogP contribution < -0.4 is 5.32 Å². The number of fused-ring (bicyclic) bond motifs is 1. The minimum absolute atomic E-state index is 0.0406. The maximum absolute atomic E-state index is 12.5. The van der Waals surface area contributed by atoms with Crippen molar-refractivity contribution in [1.82, 2.24) is 5.32 Å². The molecule has 8 atom stereocenters. The number of ketones is 1. The predicted octanol–water partition coefficient (Wildman–Crippen LogP) is 3.15. The van der Waals surface area contributed by atoms with E-state index in [9.17, 15) is 19.8 Å². The van der Waals surface area contributed by atoms with Crippen LogP contribution in [0.1, 0.15) is 53.9 Å². The van der Waals surface area contributed by atoms with Crippen LogP contribution in [0.5, 0.6) is 0 Å². The predicted molar refractivity (Wildman–Crippen MR) is 104 cm³/mol. The molecule has 5 nitrogen and oxygen atoms in total. The fourth-order valence-corrected chi connectivity index (χ4v) is 5.95. The highest BCUT2D eigenvalue weighted by molar-refractivity contribution is 6.26. The van der Waals surface area contributed by atoms with Gasteiger partial charge < -0.3 is 15.5 Å². The number of Topliss-reactive ketones (excluding diaryl/α,β-unsaturated/α-hetero) is 1. The molecule has 0 radical (unpaired) electrons. The molecular weight excluding hydrogens is 342 g/mol. The van der Waals surface area contributed by atoms with E-state index < -0.39 is 18.1 Å². The molecule has 3 aliphatic rings. The summed E-state index contributed by atoms with van der Waals surface area (Å²) in [6.07, 6.45) is 4.39. The lowest BCUT2D eigenvalue weighted by Gasteiger charge is -2.51. The van der Waals surface area contributed by atoms with E-state index >= 15 is 0 Å². The normalized spacial score (nSPS) is 43.9. The molecule has 0 aromatic heterocycles. The third-order valence-corrected chi connectivity index (χ3v) is 7.26. The molecule has 1 saturated heterocycles. The Kier molecular flexibility index (Phi) is 5.53. The van der Waals surface area contributed by atoms with Crippen molar-refractivity contribution in [1.29, 1.82) is 0 Å². The minimum atomic E-state index is -0.593. The lowest BCUT2D eigenvalue weighted by Crippen LogP contribution is -2.49. The van der Waals surface area contributed by atoms with Crippen molar-refractivity contribution in [3.8, 4) is 0 Å². The van der Waals surface area contributed by atoms with Gasteiger partial charge in [0.25, 0.3) is 5.91 Å². The summed E-state index contributed by atoms with van der Waals surface area (Å²) in [5, 5.41) is 24.7. The number of aliphatic hydroxyl groups is 2. The van der Waals surface area contributed by atoms with Gasteiger partial charge in [0, 0.05) is 5.92 Å². The van der Waals surface area contributed by atoms with E-state index in [1.807, 2.05) is 0 Å². The Morgan fingerprint density at radius 3 is 2.41 bits per heavy atom. The van der Waals surface area contributed by atoms with Crippen molar-refractivity contribution in [3.05, 3.63) is 23.0 Å². The van der Waals surface area contributed by atoms with Crippen molar-refractivity contribution in [2.45, 2.75) is 66.0 Å². The summed E-state index contributed by atoms with van der Waals surface area (Å²) in [5.41, 5.74) is 1.15. The van der Waals surface area contributed by atoms with Crippen LogP contribution in [0.2, 0.25) is 0 Å². The SMILES string of the molecule is CC[C@@H]1[C@@H](O)[C@H](C)C[C@@H]2C=C(C)[C@H](CC)[C@@H](/C(O)=C3/C(=O)N[C@@H](C)C3=O)[C@H]12. The second-order valence-electron chi connectivity index (χ2n) is 8.79. The van der Waals surface area contributed by atoms with Crippen LogP contribution in [0.15, 0.2) is 23.0 Å². The average molecular weight is 376 g/mol. The highest BCUT2D eigenvalue weighted by Crippen LogP contribution is 2.53. The van der Waals surface area contributed by atoms with Crippen LogP contribution >= 0.6 is 0 Å². The highest BCUT2D eigenvalue weighted by Gasteiger charge is 2.51. The minimum Gasteiger partial charge on any atom is -0.511 e. The number of amides is 1. The summed E-state index contributed by atoms with van der Waals surface area (Å²) in [5.74, 6) is -0.546. The van der Waals surface area contributed by atoms with Crippen molar-refractivity contribution < 1.29 is 19.8 Å². The molecule has 5 heteroatoms. The van der Waals surface area contributed by atoms with Crippen LogP contribution in [0.25, 0.3) is 0 Å². The fraction of sp³-hybridized carbons (Fsp3) is 0.727. The molecule has 1 aliphatic heterocycles. The maximum Gasteiger partial charge on any atom is 0.259 e. The summed E-state index contributed by atoms with van der Waals surface area (Å²) in [7, 11) is 0. The average Bonchev–Trinajstić information content (AvgIpc) is 2.87. The molecule has 2 aliphatic carbocycles. The van der Waals surface area contributed by atoms with Crippen LogP contribution in [0, 0.1) is 35.5 Å². The summed E-state index contributed by atoms with van der Waals surface area (Å²) >= 11 is 0. The first-order valence-electron chi connectivity index (χ1n) is 10.4. The van der Waals surface area contributed by atoms with Gasteiger partial charge in [0.05, 0.1) is 12.1 Å². The van der Waals surface area contributed by atoms with Gasteiger partial charge in [-0.3, -0.25) is 9.59 Å². The smallest absolute Gasteiger partial charge is 0.259 e. The molecule has 0 aromatic rings. The van der Waals surface area contributed by atoms with Crippen molar-refractivity contribution in [2.75, 3.05) is 0 Å². The molecule has 0 spiro atoms. The molecule has 150 valence electrons. The van der Waals surface area contributed by atoms with E-state index in [1.54, 1.807) is 6.92 Å². The van der Waals surface area contributed by atoms with Crippen LogP contribution in [0.3, 0.4) is 0 Å². The van der Waals surface area contributed by atoms with Gasteiger partial charge in [0.15, 0.2) is 5.78 Å². The fourth-order valence-electron chi connectivity index (χ4n) is 5.95. The number of carbonyl (C=O) groups excluding carboxylic acids is 2. The van der Waals surface area contributed by atoms with E-state index in [0.29, 0.717) is 0 Å². The zero-order valence-corrected chi connectivity index (χ0v) is 17.0. The largest absolute Gasteiger partial charge is 0.511 e. The quantitative estimate of drug-likeness (QED) is 0.306. The van der Waals surface area contributed by atoms with Gasteiger partial charge in [0.1, 0.15) is 11.3 Å². The Bertz CT molecular complexity index is 694. The summed E-state index contributed by atoms with van der Waals surface area (Å²) in [6.45, 7) is 9.97. The summed E-state index contributed by atoms with van der Waals surface area (Å²) in [4.78, 5) is 24.9. The number of hydrogen-bond donors (Lipinski definition) is 3. The van der Waals surface area contributed by atoms with Crippen LogP contribution in [-0.2, 0) is 9.59 Å². The molecule has 3 rings (SSSR count). The number of aliphatic hydroxyl groups excluding tert-OH is 2. The topological polar surface area (TPSA) is 86.6 Å². The van der Waals surface area contributed by atoms with Gasteiger partial charge in [-0.2, -0.15) is 0 Å². The first-order chi connectivity index (χ1) is 12.7. The van der Waals surface area contributed by atoms with Gasteiger partial charge >= 0.3 is 0 Å². The van der Waals surface area contributed by atoms with E-state index in [4.69, 9.17) is 0 Å². The molecule has 1 amide bonds. The second kappa shape index (κ2) is 7.42. The molecule has 2 fully saturated rings. The first-order valence-corrected chi connectivity index (χ1v) is 10.4. The Morgan fingerprint density at radius 1 is 1.22 bits per heavy atom. The lowest BCUT2D eigenvalue weighted by molar-refractivity contribution is -0.117. The van der Waals surface area contributed by atoms with Crippen LogP contribution in [0.4, 0.5) is 0 Å². The zero-order chi connectivity index (χ0) is 20.0. The molecule has 0 bridgehead atoms. The van der Waals surface area contributed by atoms with E-state index in [2.05, 4.69) is 39.1 Å². The van der Waals surface area contributed by atoms with Crippen LogP contribution in [-0.4, -0.2) is 34.0 Å². The van der Waals surface area contributed by atoms with E-state index in [0.717, 1.165) is 19.3 Å². The molecule has 3 N–H and O–H groups in total. The molecule has 27 heavy (non-hydrogen) atoms. The van der Waals surface area contributed by atoms with Gasteiger partial charge in [0.2, 0.25) is 0 Å². The number of allylic oxidation sites excluding steroid dienone is 3. The molecule has 1 heterocycles. The monoisotopic (exact) mass is 375 g/mol. The van der Waals surface area contributed by atoms with Crippen molar-refractivity contribution in [3.63, 3.8) is 0 Å². The van der Waals surface area contributed by atoms with Gasteiger partial charge in [-0.05, 0) is 56.3 Å². The molecular formula is C22H33NO4. The summed E-state index contributed by atoms with van der Waals surface area (Å²) in [6, 6.07) is -0.593. The molecule has 0 aromatic carbocycles. The zero-order valence-electron chi connectivity index (χ0n) is 17.0. The number of hydrogen-bond acceptors (Lipinski definition) is 4. The van der Waals surface area contributed by atoms with Gasteiger partial charge in [-0.15, -0.1) is 0 Å². The number of rotatable bonds is 3. The lowest BCUT2D eigenvalue weighted by atomic mass is 9.54. The van der Waals surface area contributed by atoms with E-state index in [1.165, 1.54) is 5.57 Å². The Morgan fingerprint density at radius 2 is 1.89 bits per heavy atom. The number of nitrogens with one attached hydrogen (secondary N) is 1. The van der Waals surface area contributed by atoms with Gasteiger partial charge in [-0.1, -0.05) is 38.8 Å². The third-order valence-electron chi connectivity index (χ3n) is 7.26.